The molecule has 0 bridgehead atoms. The summed E-state index contributed by atoms with van der Waals surface area (Å²) >= 11 is 1.61. The Morgan fingerprint density at radius 3 is 2.72 bits per heavy atom. The highest BCUT2D eigenvalue weighted by Gasteiger charge is 2.37. The molecular weight excluding hydrogens is 256 g/mol. The monoisotopic (exact) mass is 271 g/mol. The third kappa shape index (κ3) is 2.66. The summed E-state index contributed by atoms with van der Waals surface area (Å²) in [7, 11) is 0. The molecule has 5 heteroatoms. The second-order valence-corrected chi connectivity index (χ2v) is 5.38. The van der Waals surface area contributed by atoms with Crippen molar-refractivity contribution in [3.05, 3.63) is 29.3 Å². The van der Waals surface area contributed by atoms with Gasteiger partial charge < -0.3 is 4.90 Å². The van der Waals surface area contributed by atoms with Gasteiger partial charge in [0.2, 0.25) is 0 Å². The molecule has 0 aromatic heterocycles. The SMILES string of the molecule is CSc1ccc2c(c1)CN(C(=O)C(C)(F)F)CC2. The van der Waals surface area contributed by atoms with Gasteiger partial charge in [-0.05, 0) is 35.9 Å². The smallest absolute Gasteiger partial charge is 0.322 e. The molecule has 0 radical (unpaired) electrons. The average Bonchev–Trinajstić information content (AvgIpc) is 2.35. The van der Waals surface area contributed by atoms with E-state index in [0.717, 1.165) is 16.0 Å². The van der Waals surface area contributed by atoms with Crippen molar-refractivity contribution in [1.29, 1.82) is 0 Å². The molecule has 0 spiro atoms. The first-order valence-electron chi connectivity index (χ1n) is 5.75. The first-order valence-corrected chi connectivity index (χ1v) is 6.97. The molecule has 1 amide bonds. The molecule has 2 rings (SSSR count). The van der Waals surface area contributed by atoms with Crippen molar-refractivity contribution in [2.45, 2.75) is 30.7 Å². The molecule has 0 N–H and O–H groups in total. The van der Waals surface area contributed by atoms with Gasteiger partial charge >= 0.3 is 5.92 Å². The van der Waals surface area contributed by atoms with Crippen LogP contribution in [-0.2, 0) is 17.8 Å². The molecule has 0 fully saturated rings. The van der Waals surface area contributed by atoms with Crippen molar-refractivity contribution < 1.29 is 13.6 Å². The van der Waals surface area contributed by atoms with Crippen LogP contribution in [0.4, 0.5) is 8.78 Å². The molecule has 1 aromatic rings. The largest absolute Gasteiger partial charge is 0.333 e. The van der Waals surface area contributed by atoms with Gasteiger partial charge in [-0.3, -0.25) is 4.79 Å². The van der Waals surface area contributed by atoms with Gasteiger partial charge in [0.25, 0.3) is 5.91 Å². The number of thioether (sulfide) groups is 1. The molecule has 2 nitrogen and oxygen atoms in total. The maximum absolute atomic E-state index is 13.0. The van der Waals surface area contributed by atoms with E-state index in [1.54, 1.807) is 11.8 Å². The Labute approximate surface area is 109 Å². The van der Waals surface area contributed by atoms with E-state index in [-0.39, 0.29) is 6.54 Å². The molecule has 0 unspecified atom stereocenters. The van der Waals surface area contributed by atoms with Crippen LogP contribution in [0.5, 0.6) is 0 Å². The van der Waals surface area contributed by atoms with Gasteiger partial charge in [0.05, 0.1) is 0 Å². The second-order valence-electron chi connectivity index (χ2n) is 4.50. The first kappa shape index (κ1) is 13.3. The predicted molar refractivity (Wildman–Crippen MR) is 68.0 cm³/mol. The van der Waals surface area contributed by atoms with Crippen LogP contribution in [0.3, 0.4) is 0 Å². The van der Waals surface area contributed by atoms with Gasteiger partial charge in [-0.1, -0.05) is 6.07 Å². The van der Waals surface area contributed by atoms with E-state index < -0.39 is 11.8 Å². The second kappa shape index (κ2) is 4.88. The third-order valence-electron chi connectivity index (χ3n) is 3.09. The molecular formula is C13H15F2NOS. The lowest BCUT2D eigenvalue weighted by Gasteiger charge is -2.30. The number of amides is 1. The van der Waals surface area contributed by atoms with Crippen molar-refractivity contribution in [2.24, 2.45) is 0 Å². The van der Waals surface area contributed by atoms with Gasteiger partial charge in [-0.25, -0.2) is 0 Å². The Morgan fingerprint density at radius 2 is 2.11 bits per heavy atom. The number of carbonyl (C=O) groups is 1. The maximum Gasteiger partial charge on any atom is 0.322 e. The topological polar surface area (TPSA) is 20.3 Å². The van der Waals surface area contributed by atoms with Crippen molar-refractivity contribution in [2.75, 3.05) is 12.8 Å². The van der Waals surface area contributed by atoms with E-state index >= 15 is 0 Å². The Kier molecular flexibility index (Phi) is 3.61. The minimum Gasteiger partial charge on any atom is -0.333 e. The highest BCUT2D eigenvalue weighted by molar-refractivity contribution is 7.98. The predicted octanol–water partition coefficient (Wildman–Crippen LogP) is 2.95. The van der Waals surface area contributed by atoms with Crippen molar-refractivity contribution in [3.8, 4) is 0 Å². The summed E-state index contributed by atoms with van der Waals surface area (Å²) in [6, 6.07) is 6.02. The van der Waals surface area contributed by atoms with E-state index in [1.165, 1.54) is 4.90 Å². The summed E-state index contributed by atoms with van der Waals surface area (Å²) in [5, 5.41) is 0. The van der Waals surface area contributed by atoms with Crippen molar-refractivity contribution in [1.82, 2.24) is 4.90 Å². The van der Waals surface area contributed by atoms with E-state index in [9.17, 15) is 13.6 Å². The molecule has 0 atom stereocenters. The third-order valence-corrected chi connectivity index (χ3v) is 3.81. The van der Waals surface area contributed by atoms with Crippen LogP contribution < -0.4 is 0 Å². The van der Waals surface area contributed by atoms with Gasteiger partial charge in [0.15, 0.2) is 0 Å². The number of fused-ring (bicyclic) bond motifs is 1. The van der Waals surface area contributed by atoms with Gasteiger partial charge in [-0.2, -0.15) is 8.78 Å². The van der Waals surface area contributed by atoms with Gasteiger partial charge in [-0.15, -0.1) is 11.8 Å². The summed E-state index contributed by atoms with van der Waals surface area (Å²) in [5.41, 5.74) is 2.13. The lowest BCUT2D eigenvalue weighted by molar-refractivity contribution is -0.155. The fourth-order valence-corrected chi connectivity index (χ4v) is 2.58. The lowest BCUT2D eigenvalue weighted by Crippen LogP contribution is -2.44. The molecule has 98 valence electrons. The minimum absolute atomic E-state index is 0.284. The zero-order chi connectivity index (χ0) is 13.3. The van der Waals surface area contributed by atoms with Crippen LogP contribution in [0.25, 0.3) is 0 Å². The number of halogens is 2. The molecule has 0 saturated carbocycles. The Morgan fingerprint density at radius 1 is 1.39 bits per heavy atom. The zero-order valence-corrected chi connectivity index (χ0v) is 11.2. The van der Waals surface area contributed by atoms with E-state index in [4.69, 9.17) is 0 Å². The Bertz CT molecular complexity index is 471. The van der Waals surface area contributed by atoms with E-state index in [2.05, 4.69) is 0 Å². The van der Waals surface area contributed by atoms with E-state index in [0.29, 0.717) is 19.9 Å². The first-order chi connectivity index (χ1) is 8.41. The number of alkyl halides is 2. The summed E-state index contributed by atoms with van der Waals surface area (Å²) in [6.07, 6.45) is 2.61. The standard InChI is InChI=1S/C13H15F2NOS/c1-13(14,15)12(17)16-6-5-9-3-4-11(18-2)7-10(9)8-16/h3-4,7H,5-6,8H2,1-2H3. The number of benzene rings is 1. The summed E-state index contributed by atoms with van der Waals surface area (Å²) in [5.74, 6) is -4.36. The van der Waals surface area contributed by atoms with E-state index in [1.807, 2.05) is 24.5 Å². The van der Waals surface area contributed by atoms with Gasteiger partial charge in [0, 0.05) is 24.9 Å². The molecule has 0 aliphatic carbocycles. The molecule has 0 saturated heterocycles. The number of carbonyl (C=O) groups excluding carboxylic acids is 1. The molecule has 1 aliphatic rings. The fraction of sp³-hybridized carbons (Fsp3) is 0.462. The maximum atomic E-state index is 13.0. The Balaban J connectivity index is 2.21. The van der Waals surface area contributed by atoms with Crippen LogP contribution in [0.15, 0.2) is 23.1 Å². The van der Waals surface area contributed by atoms with Crippen molar-refractivity contribution >= 4 is 17.7 Å². The number of hydrogen-bond acceptors (Lipinski definition) is 2. The Hall–Kier alpha value is -1.10. The minimum atomic E-state index is -3.28. The summed E-state index contributed by atoms with van der Waals surface area (Å²) in [6.45, 7) is 1.31. The highest BCUT2D eigenvalue weighted by atomic mass is 32.2. The van der Waals surface area contributed by atoms with Gasteiger partial charge in [0.1, 0.15) is 0 Å². The number of hydrogen-bond donors (Lipinski definition) is 0. The van der Waals surface area contributed by atoms with Crippen LogP contribution >= 0.6 is 11.8 Å². The molecule has 18 heavy (non-hydrogen) atoms. The average molecular weight is 271 g/mol. The molecule has 1 aliphatic heterocycles. The number of rotatable bonds is 2. The number of nitrogens with zero attached hydrogens (tertiary/aromatic N) is 1. The van der Waals surface area contributed by atoms with Crippen LogP contribution in [-0.4, -0.2) is 29.5 Å². The highest BCUT2D eigenvalue weighted by Crippen LogP contribution is 2.26. The van der Waals surface area contributed by atoms with Crippen LogP contribution in [0.2, 0.25) is 0 Å². The van der Waals surface area contributed by atoms with Crippen LogP contribution in [0.1, 0.15) is 18.1 Å². The fourth-order valence-electron chi connectivity index (χ4n) is 2.11. The lowest BCUT2D eigenvalue weighted by atomic mass is 9.99. The molecule has 1 heterocycles. The van der Waals surface area contributed by atoms with Crippen LogP contribution in [0, 0.1) is 0 Å². The zero-order valence-electron chi connectivity index (χ0n) is 10.4. The van der Waals surface area contributed by atoms with Crippen molar-refractivity contribution in [3.63, 3.8) is 0 Å². The summed E-state index contributed by atoms with van der Waals surface area (Å²) < 4.78 is 26.1. The quantitative estimate of drug-likeness (QED) is 0.771. The summed E-state index contributed by atoms with van der Waals surface area (Å²) in [4.78, 5) is 13.9. The molecule has 1 aromatic carbocycles. The normalized spacial score (nSPS) is 15.4.